The number of urea groups is 1. The number of carbonyl (C=O) groups is 1. The van der Waals surface area contributed by atoms with Gasteiger partial charge in [-0.3, -0.25) is 0 Å². The Morgan fingerprint density at radius 1 is 1.00 bits per heavy atom. The van der Waals surface area contributed by atoms with Gasteiger partial charge in [0.15, 0.2) is 0 Å². The van der Waals surface area contributed by atoms with Crippen molar-refractivity contribution in [3.05, 3.63) is 24.3 Å². The van der Waals surface area contributed by atoms with Crippen molar-refractivity contribution in [3.8, 4) is 11.5 Å². The van der Waals surface area contributed by atoms with E-state index in [1.165, 1.54) is 0 Å². The van der Waals surface area contributed by atoms with Crippen LogP contribution < -0.4 is 20.1 Å². The van der Waals surface area contributed by atoms with Crippen molar-refractivity contribution in [2.45, 2.75) is 20.3 Å². The number of ether oxygens (including phenoxy) is 2. The maximum Gasteiger partial charge on any atom is 0.314 e. The van der Waals surface area contributed by atoms with Crippen LogP contribution in [0.1, 0.15) is 20.3 Å². The fourth-order valence-corrected chi connectivity index (χ4v) is 1.43. The highest BCUT2D eigenvalue weighted by Crippen LogP contribution is 2.17. The lowest BCUT2D eigenvalue weighted by Gasteiger charge is -2.09. The molecule has 0 aliphatic rings. The summed E-state index contributed by atoms with van der Waals surface area (Å²) in [5, 5.41) is 5.45. The third-order valence-electron chi connectivity index (χ3n) is 2.33. The van der Waals surface area contributed by atoms with Crippen LogP contribution in [0.4, 0.5) is 4.79 Å². The minimum Gasteiger partial charge on any atom is -0.494 e. The van der Waals surface area contributed by atoms with Crippen molar-refractivity contribution in [2.24, 2.45) is 0 Å². The van der Waals surface area contributed by atoms with Crippen LogP contribution in [0.3, 0.4) is 0 Å². The highest BCUT2D eigenvalue weighted by molar-refractivity contribution is 5.73. The Kier molecular flexibility index (Phi) is 7.24. The van der Waals surface area contributed by atoms with Gasteiger partial charge >= 0.3 is 6.03 Å². The summed E-state index contributed by atoms with van der Waals surface area (Å²) in [6, 6.07) is 7.27. The summed E-state index contributed by atoms with van der Waals surface area (Å²) in [5.41, 5.74) is 0. The number of hydrogen-bond acceptors (Lipinski definition) is 3. The number of carbonyl (C=O) groups excluding carboxylic acids is 1. The summed E-state index contributed by atoms with van der Waals surface area (Å²) < 4.78 is 10.8. The van der Waals surface area contributed by atoms with E-state index in [-0.39, 0.29) is 6.03 Å². The molecule has 1 rings (SSSR count). The summed E-state index contributed by atoms with van der Waals surface area (Å²) in [4.78, 5) is 11.2. The fourth-order valence-electron chi connectivity index (χ4n) is 1.43. The maximum absolute atomic E-state index is 11.2. The van der Waals surface area contributed by atoms with Crippen molar-refractivity contribution in [3.63, 3.8) is 0 Å². The van der Waals surface area contributed by atoms with E-state index in [9.17, 15) is 4.79 Å². The average molecular weight is 266 g/mol. The van der Waals surface area contributed by atoms with E-state index in [1.54, 1.807) is 0 Å². The standard InChI is InChI=1S/C14H22N2O3/c1-3-9-15-14(17)16-10-11-19-13-7-5-12(6-8-13)18-4-2/h5-8H,3-4,9-11H2,1-2H3,(H2,15,16,17). The van der Waals surface area contributed by atoms with E-state index in [4.69, 9.17) is 9.47 Å². The third kappa shape index (κ3) is 6.55. The number of amides is 2. The smallest absolute Gasteiger partial charge is 0.314 e. The Balaban J connectivity index is 2.16. The molecular formula is C14H22N2O3. The van der Waals surface area contributed by atoms with Gasteiger partial charge in [0.2, 0.25) is 0 Å². The summed E-state index contributed by atoms with van der Waals surface area (Å²) in [6.45, 7) is 6.20. The van der Waals surface area contributed by atoms with Crippen LogP contribution in [0.15, 0.2) is 24.3 Å². The van der Waals surface area contributed by atoms with Crippen molar-refractivity contribution >= 4 is 6.03 Å². The van der Waals surface area contributed by atoms with Crippen molar-refractivity contribution in [2.75, 3.05) is 26.3 Å². The van der Waals surface area contributed by atoms with Crippen molar-refractivity contribution in [1.82, 2.24) is 10.6 Å². The second-order valence-corrected chi connectivity index (χ2v) is 3.94. The average Bonchev–Trinajstić information content (AvgIpc) is 2.43. The lowest BCUT2D eigenvalue weighted by atomic mass is 10.3. The molecule has 5 nitrogen and oxygen atoms in total. The van der Waals surface area contributed by atoms with E-state index in [0.29, 0.717) is 26.3 Å². The molecule has 0 saturated carbocycles. The molecule has 0 heterocycles. The molecule has 19 heavy (non-hydrogen) atoms. The van der Waals surface area contributed by atoms with Crippen LogP contribution in [-0.4, -0.2) is 32.3 Å². The molecule has 106 valence electrons. The zero-order chi connectivity index (χ0) is 13.9. The first-order valence-electron chi connectivity index (χ1n) is 6.63. The Labute approximate surface area is 114 Å². The summed E-state index contributed by atoms with van der Waals surface area (Å²) in [7, 11) is 0. The van der Waals surface area contributed by atoms with Gasteiger partial charge in [0, 0.05) is 6.54 Å². The van der Waals surface area contributed by atoms with Gasteiger partial charge < -0.3 is 20.1 Å². The van der Waals surface area contributed by atoms with Crippen LogP contribution in [0.25, 0.3) is 0 Å². The van der Waals surface area contributed by atoms with E-state index in [1.807, 2.05) is 38.1 Å². The zero-order valence-corrected chi connectivity index (χ0v) is 11.6. The van der Waals surface area contributed by atoms with E-state index in [2.05, 4.69) is 10.6 Å². The Bertz CT molecular complexity index is 365. The van der Waals surface area contributed by atoms with Gasteiger partial charge in [-0.15, -0.1) is 0 Å². The molecule has 0 radical (unpaired) electrons. The maximum atomic E-state index is 11.2. The molecule has 5 heteroatoms. The van der Waals surface area contributed by atoms with Crippen molar-refractivity contribution in [1.29, 1.82) is 0 Å². The molecule has 0 aliphatic carbocycles. The van der Waals surface area contributed by atoms with E-state index >= 15 is 0 Å². The largest absolute Gasteiger partial charge is 0.494 e. The molecule has 2 N–H and O–H groups in total. The predicted molar refractivity (Wildman–Crippen MR) is 74.8 cm³/mol. The Morgan fingerprint density at radius 3 is 2.16 bits per heavy atom. The molecule has 0 saturated heterocycles. The highest BCUT2D eigenvalue weighted by atomic mass is 16.5. The van der Waals surface area contributed by atoms with Gasteiger partial charge in [0.05, 0.1) is 13.2 Å². The molecule has 0 fully saturated rings. The minimum absolute atomic E-state index is 0.155. The second kappa shape index (κ2) is 9.08. The molecule has 1 aromatic carbocycles. The number of benzene rings is 1. The molecule has 0 bridgehead atoms. The van der Waals surface area contributed by atoms with E-state index in [0.717, 1.165) is 17.9 Å². The molecule has 0 atom stereocenters. The molecular weight excluding hydrogens is 244 g/mol. The Hall–Kier alpha value is -1.91. The quantitative estimate of drug-likeness (QED) is 0.709. The molecule has 0 aliphatic heterocycles. The van der Waals surface area contributed by atoms with Gasteiger partial charge in [-0.05, 0) is 37.6 Å². The molecule has 2 amide bonds. The molecule has 0 unspecified atom stereocenters. The lowest BCUT2D eigenvalue weighted by molar-refractivity contribution is 0.236. The first-order chi connectivity index (χ1) is 9.26. The first-order valence-corrected chi connectivity index (χ1v) is 6.63. The number of rotatable bonds is 8. The molecule has 0 aromatic heterocycles. The SMILES string of the molecule is CCCNC(=O)NCCOc1ccc(OCC)cc1. The molecule has 0 spiro atoms. The van der Waals surface area contributed by atoms with Gasteiger partial charge in [-0.1, -0.05) is 6.92 Å². The van der Waals surface area contributed by atoms with Gasteiger partial charge in [0.25, 0.3) is 0 Å². The van der Waals surface area contributed by atoms with Crippen LogP contribution >= 0.6 is 0 Å². The van der Waals surface area contributed by atoms with Crippen LogP contribution in [0.2, 0.25) is 0 Å². The van der Waals surface area contributed by atoms with Crippen LogP contribution in [0, 0.1) is 0 Å². The van der Waals surface area contributed by atoms with Gasteiger partial charge in [0.1, 0.15) is 18.1 Å². The summed E-state index contributed by atoms with van der Waals surface area (Å²) in [5.74, 6) is 1.59. The van der Waals surface area contributed by atoms with Gasteiger partial charge in [-0.2, -0.15) is 0 Å². The second-order valence-electron chi connectivity index (χ2n) is 3.94. The predicted octanol–water partition coefficient (Wildman–Crippen LogP) is 2.17. The van der Waals surface area contributed by atoms with Gasteiger partial charge in [-0.25, -0.2) is 4.79 Å². The highest BCUT2D eigenvalue weighted by Gasteiger charge is 1.98. The topological polar surface area (TPSA) is 59.6 Å². The third-order valence-corrected chi connectivity index (χ3v) is 2.33. The Morgan fingerprint density at radius 2 is 1.58 bits per heavy atom. The number of nitrogens with one attached hydrogen (secondary N) is 2. The van der Waals surface area contributed by atoms with Crippen molar-refractivity contribution < 1.29 is 14.3 Å². The zero-order valence-electron chi connectivity index (χ0n) is 11.6. The lowest BCUT2D eigenvalue weighted by Crippen LogP contribution is -2.37. The minimum atomic E-state index is -0.155. The van der Waals surface area contributed by atoms with Crippen LogP contribution in [0.5, 0.6) is 11.5 Å². The number of hydrogen-bond donors (Lipinski definition) is 2. The molecule has 1 aromatic rings. The summed E-state index contributed by atoms with van der Waals surface area (Å²) >= 11 is 0. The monoisotopic (exact) mass is 266 g/mol. The van der Waals surface area contributed by atoms with Crippen LogP contribution in [-0.2, 0) is 0 Å². The van der Waals surface area contributed by atoms with E-state index < -0.39 is 0 Å². The summed E-state index contributed by atoms with van der Waals surface area (Å²) in [6.07, 6.45) is 0.927. The first kappa shape index (κ1) is 15.1. The fraction of sp³-hybridized carbons (Fsp3) is 0.500. The normalized spacial score (nSPS) is 9.79.